The minimum absolute atomic E-state index is 0.874. The van der Waals surface area contributed by atoms with E-state index in [2.05, 4.69) is 518 Å². The molecule has 0 saturated heterocycles. The molecule has 0 amide bonds. The zero-order valence-corrected chi connectivity index (χ0v) is 82.5. The van der Waals surface area contributed by atoms with Crippen LogP contribution in [0.2, 0.25) is 0 Å². The highest BCUT2D eigenvalue weighted by Gasteiger charge is 2.29. The van der Waals surface area contributed by atoms with Crippen LogP contribution in [0.15, 0.2) is 512 Å². The lowest BCUT2D eigenvalue weighted by molar-refractivity contribution is 0.669. The summed E-state index contributed by atoms with van der Waals surface area (Å²) in [5.74, 6) is 0. The average molecular weight is 1940 g/mol. The van der Waals surface area contributed by atoms with E-state index in [9.17, 15) is 0 Å². The van der Waals surface area contributed by atoms with Crippen molar-refractivity contribution < 1.29 is 8.83 Å². The highest BCUT2D eigenvalue weighted by atomic mass is 32.1. The minimum Gasteiger partial charge on any atom is -0.456 e. The van der Waals surface area contributed by atoms with Crippen molar-refractivity contribution >= 4 is 318 Å². The lowest BCUT2D eigenvalue weighted by atomic mass is 9.98. The van der Waals surface area contributed by atoms with Crippen molar-refractivity contribution in [3.63, 3.8) is 0 Å². The van der Waals surface area contributed by atoms with Crippen LogP contribution in [-0.4, -0.2) is 0 Å². The van der Waals surface area contributed by atoms with Crippen LogP contribution in [0.4, 0.5) is 51.2 Å². The lowest BCUT2D eigenvalue weighted by Gasteiger charge is -2.27. The third-order valence-electron chi connectivity index (χ3n) is 30.0. The van der Waals surface area contributed by atoms with E-state index < -0.39 is 0 Å². The molecule has 147 heavy (non-hydrogen) atoms. The zero-order chi connectivity index (χ0) is 96.4. The summed E-state index contributed by atoms with van der Waals surface area (Å²) in [6.45, 7) is 0. The van der Waals surface area contributed by atoms with Gasteiger partial charge in [0.25, 0.3) is 0 Å². The van der Waals surface area contributed by atoms with Crippen LogP contribution < -0.4 is 14.7 Å². The van der Waals surface area contributed by atoms with Crippen molar-refractivity contribution in [2.24, 2.45) is 0 Å². The summed E-state index contributed by atoms with van der Waals surface area (Å²) >= 11 is 7.53. The second-order valence-electron chi connectivity index (χ2n) is 38.3. The Bertz CT molecular complexity index is 10900. The van der Waals surface area contributed by atoms with E-state index in [1.807, 2.05) is 45.3 Å². The van der Waals surface area contributed by atoms with Crippen LogP contribution in [-0.2, 0) is 0 Å². The number of thiophene rings is 4. The number of benzene rings is 26. The van der Waals surface area contributed by atoms with E-state index in [1.54, 1.807) is 0 Å². The molecular weight excluding hydrogens is 1860 g/mol. The van der Waals surface area contributed by atoms with Crippen LogP contribution >= 0.6 is 45.3 Å². The molecule has 686 valence electrons. The number of furan rings is 2. The van der Waals surface area contributed by atoms with Crippen LogP contribution in [0.3, 0.4) is 0 Å². The van der Waals surface area contributed by atoms with E-state index in [4.69, 9.17) is 8.83 Å². The summed E-state index contributed by atoms with van der Waals surface area (Å²) in [4.78, 5) is 7.31. The van der Waals surface area contributed by atoms with Gasteiger partial charge in [0.1, 0.15) is 16.7 Å². The number of hydrogen-bond acceptors (Lipinski definition) is 9. The van der Waals surface area contributed by atoms with E-state index >= 15 is 0 Å². The summed E-state index contributed by atoms with van der Waals surface area (Å²) in [7, 11) is 0. The number of nitrogens with zero attached hydrogens (tertiary/aromatic N) is 3. The molecule has 0 N–H and O–H groups in total. The summed E-state index contributed by atoms with van der Waals surface area (Å²) in [6, 6.07) is 183. The number of para-hydroxylation sites is 1. The molecule has 0 unspecified atom stereocenters. The third-order valence-corrected chi connectivity index (χ3v) is 34.8. The Balaban J connectivity index is 0.000000102. The molecule has 0 radical (unpaired) electrons. The minimum atomic E-state index is 0.874. The predicted molar refractivity (Wildman–Crippen MR) is 638 cm³/mol. The molecule has 32 aromatic rings. The third kappa shape index (κ3) is 14.0. The molecule has 0 aliphatic rings. The van der Waals surface area contributed by atoms with Gasteiger partial charge in [-0.25, -0.2) is 0 Å². The first kappa shape index (κ1) is 84.6. The fraction of sp³-hybridized carbons (Fsp3) is 0. The fourth-order valence-corrected chi connectivity index (χ4v) is 28.1. The fourth-order valence-electron chi connectivity index (χ4n) is 23.3. The molecule has 0 aliphatic carbocycles. The van der Waals surface area contributed by atoms with Gasteiger partial charge in [0.2, 0.25) is 0 Å². The summed E-state index contributed by atoms with van der Waals surface area (Å²) in [6.07, 6.45) is 0. The smallest absolute Gasteiger partial charge is 0.159 e. The van der Waals surface area contributed by atoms with Gasteiger partial charge in [0, 0.05) is 117 Å². The molecular formula is C138H83N3O2S4. The Labute approximate surface area is 860 Å². The Hall–Kier alpha value is -18.1. The van der Waals surface area contributed by atoms with Gasteiger partial charge in [0.05, 0.1) is 36.8 Å². The summed E-state index contributed by atoms with van der Waals surface area (Å²) in [5.41, 5.74) is 18.5. The molecule has 6 aromatic heterocycles. The number of anilines is 9. The second kappa shape index (κ2) is 34.4. The van der Waals surface area contributed by atoms with Gasteiger partial charge in [-0.2, -0.15) is 0 Å². The molecule has 9 heteroatoms. The van der Waals surface area contributed by atoms with E-state index in [1.165, 1.54) is 223 Å². The van der Waals surface area contributed by atoms with Crippen LogP contribution in [0, 0.1) is 0 Å². The van der Waals surface area contributed by atoms with E-state index in [-0.39, 0.29) is 0 Å². The predicted octanol–water partition coefficient (Wildman–Crippen LogP) is 42.5. The molecule has 26 aromatic carbocycles. The Kier molecular flexibility index (Phi) is 19.8. The van der Waals surface area contributed by atoms with Crippen molar-refractivity contribution in [1.82, 2.24) is 0 Å². The van der Waals surface area contributed by atoms with Crippen molar-refractivity contribution in [3.05, 3.63) is 504 Å². The Morgan fingerprint density at radius 3 is 1.00 bits per heavy atom. The molecule has 0 saturated carbocycles. The topological polar surface area (TPSA) is 36.0 Å². The average Bonchev–Trinajstić information content (AvgIpc) is 1.59. The van der Waals surface area contributed by atoms with Crippen LogP contribution in [0.1, 0.15) is 0 Å². The van der Waals surface area contributed by atoms with Crippen LogP contribution in [0.5, 0.6) is 0 Å². The Morgan fingerprint density at radius 2 is 0.456 bits per heavy atom. The van der Waals surface area contributed by atoms with Gasteiger partial charge in [0.15, 0.2) is 5.58 Å². The molecule has 0 bridgehead atoms. The van der Waals surface area contributed by atoms with E-state index in [0.29, 0.717) is 0 Å². The van der Waals surface area contributed by atoms with Gasteiger partial charge in [-0.05, 0) is 259 Å². The number of fused-ring (bicyclic) bond motifs is 34. The highest BCUT2D eigenvalue weighted by Crippen LogP contribution is 2.55. The molecule has 32 rings (SSSR count). The molecule has 6 heterocycles. The number of hydrogen-bond donors (Lipinski definition) is 0. The SMILES string of the molecule is c1ccc(-c2cccc(-c3ccc(N(c4ccc5sc6ccc7ccccc7c6c5c4)c4cccc5c4oc4ccc6ccccc6c45)cc3)c2)cc1.c1ccc2c(c1)ccc1cc(N(c3ccc4oc5ccc6ccccc6c5c4c3)c3cccc4c3sc3ccc5ccccc5c34)ccc12.c1ccc2cc(N(c3cccc4c3sc3ccc5ccccc5c34)c3cccc4c3sc3ccc5ccccc5c34)ccc2c1. The first-order chi connectivity index (χ1) is 72.9. The normalized spacial score (nSPS) is 11.9. The number of rotatable bonds is 11. The van der Waals surface area contributed by atoms with Gasteiger partial charge < -0.3 is 23.5 Å². The van der Waals surface area contributed by atoms with Gasteiger partial charge >= 0.3 is 0 Å². The molecule has 0 atom stereocenters. The van der Waals surface area contributed by atoms with Crippen LogP contribution in [0.25, 0.3) is 244 Å². The monoisotopic (exact) mass is 1940 g/mol. The maximum Gasteiger partial charge on any atom is 0.159 e. The van der Waals surface area contributed by atoms with Crippen molar-refractivity contribution in [1.29, 1.82) is 0 Å². The van der Waals surface area contributed by atoms with E-state index in [0.717, 1.165) is 72.3 Å². The van der Waals surface area contributed by atoms with Crippen molar-refractivity contribution in [2.45, 2.75) is 0 Å². The van der Waals surface area contributed by atoms with Crippen molar-refractivity contribution in [2.75, 3.05) is 14.7 Å². The quantitative estimate of drug-likeness (QED) is 0.121. The summed E-state index contributed by atoms with van der Waals surface area (Å²) < 4.78 is 23.7. The maximum absolute atomic E-state index is 6.82. The standard InChI is InChI=1S/C50H31NOS.C46H27NOS.C42H25NS2/c1-2-10-32(11-3-1)36-14-8-15-37(30-36)33-20-24-38(25-21-33)51(39-26-29-46-43(31-39)49-41-17-7-5-13-35(41)23-28-47(49)53-46)44-19-9-18-42-48-40-16-6-4-12-34(40)22-27-45(48)52-50(42)44;1-4-11-34-28(8-1)16-17-31-26-32(20-22-35(31)34)47(33-21-24-41-39(27-33)44-36-12-5-2-9-29(36)18-23-42(44)48-41)40-15-7-14-38-45-37-13-6-3-10-30(37)19-25-43(45)49-46(38)40;1-2-12-29-25-30(22-19-26(29)9-1)43(35-17-7-15-33-39-31-13-5-3-10-27(31)20-23-37(39)44-41(33)35)36-18-8-16-34-40-32-14-6-4-11-28(32)21-24-38(40)45-42(34)36/h1-31H;1-27H;1-25H. The zero-order valence-electron chi connectivity index (χ0n) is 79.2. The molecule has 0 aliphatic heterocycles. The first-order valence-electron chi connectivity index (χ1n) is 49.9. The summed E-state index contributed by atoms with van der Waals surface area (Å²) in [5, 5.41) is 37.7. The second-order valence-corrected chi connectivity index (χ2v) is 42.5. The van der Waals surface area contributed by atoms with Gasteiger partial charge in [-0.3, -0.25) is 0 Å². The maximum atomic E-state index is 6.82. The lowest BCUT2D eigenvalue weighted by Crippen LogP contribution is -2.10. The van der Waals surface area contributed by atoms with Gasteiger partial charge in [-0.1, -0.05) is 364 Å². The Morgan fingerprint density at radius 1 is 0.143 bits per heavy atom. The molecule has 0 spiro atoms. The first-order valence-corrected chi connectivity index (χ1v) is 53.2. The van der Waals surface area contributed by atoms with Gasteiger partial charge in [-0.15, -0.1) is 45.3 Å². The molecule has 5 nitrogen and oxygen atoms in total. The highest BCUT2D eigenvalue weighted by molar-refractivity contribution is 7.28. The molecule has 0 fully saturated rings. The van der Waals surface area contributed by atoms with Crippen molar-refractivity contribution in [3.8, 4) is 22.3 Å². The largest absolute Gasteiger partial charge is 0.456 e.